The van der Waals surface area contributed by atoms with Gasteiger partial charge in [-0.05, 0) is 18.2 Å². The van der Waals surface area contributed by atoms with Crippen molar-refractivity contribution in [2.24, 2.45) is 10.9 Å². The number of benzene rings is 1. The molecule has 1 amide bonds. The highest BCUT2D eigenvalue weighted by atomic mass is 16.3. The maximum atomic E-state index is 11.8. The molecule has 0 aliphatic heterocycles. The van der Waals surface area contributed by atoms with Gasteiger partial charge in [0, 0.05) is 17.8 Å². The minimum Gasteiger partial charge on any atom is -0.493 e. The Bertz CT molecular complexity index is 892. The SMILES string of the molecule is CNC(=O)c1cc2n[nH]c(O)c3ccc(=NN)c([nH]1)c23. The Morgan fingerprint density at radius 3 is 3.00 bits per heavy atom. The van der Waals surface area contributed by atoms with Crippen LogP contribution in [0.15, 0.2) is 23.3 Å². The maximum absolute atomic E-state index is 11.8. The molecule has 3 rings (SSSR count). The first-order chi connectivity index (χ1) is 9.65. The summed E-state index contributed by atoms with van der Waals surface area (Å²) in [5.74, 6) is 5.01. The van der Waals surface area contributed by atoms with Gasteiger partial charge in [0.2, 0.25) is 5.88 Å². The van der Waals surface area contributed by atoms with Crippen LogP contribution in [-0.4, -0.2) is 33.2 Å². The first kappa shape index (κ1) is 12.0. The second-order valence-corrected chi connectivity index (χ2v) is 4.23. The number of carbonyl (C=O) groups is 1. The van der Waals surface area contributed by atoms with Crippen LogP contribution < -0.4 is 16.5 Å². The number of H-pyrrole nitrogens is 2. The van der Waals surface area contributed by atoms with Gasteiger partial charge in [0.15, 0.2) is 0 Å². The van der Waals surface area contributed by atoms with E-state index in [2.05, 4.69) is 25.6 Å². The Kier molecular flexibility index (Phi) is 2.56. The molecule has 0 saturated heterocycles. The molecule has 1 aromatic carbocycles. The van der Waals surface area contributed by atoms with Gasteiger partial charge in [-0.15, -0.1) is 0 Å². The van der Waals surface area contributed by atoms with E-state index in [1.54, 1.807) is 18.2 Å². The fraction of sp³-hybridized carbons (Fsp3) is 0.0833. The number of rotatable bonds is 1. The molecule has 0 spiro atoms. The molecule has 6 N–H and O–H groups in total. The zero-order valence-corrected chi connectivity index (χ0v) is 10.6. The molecule has 0 saturated carbocycles. The van der Waals surface area contributed by atoms with E-state index in [1.807, 2.05) is 0 Å². The molecular formula is C12H12N6O2. The molecule has 2 aromatic heterocycles. The number of amides is 1. The topological polar surface area (TPSA) is 132 Å². The van der Waals surface area contributed by atoms with E-state index in [4.69, 9.17) is 5.84 Å². The average molecular weight is 272 g/mol. The van der Waals surface area contributed by atoms with Crippen molar-refractivity contribution in [1.82, 2.24) is 20.5 Å². The van der Waals surface area contributed by atoms with Crippen molar-refractivity contribution in [3.8, 4) is 5.88 Å². The largest absolute Gasteiger partial charge is 0.493 e. The summed E-state index contributed by atoms with van der Waals surface area (Å²) >= 11 is 0. The van der Waals surface area contributed by atoms with Gasteiger partial charge in [-0.2, -0.15) is 10.2 Å². The second kappa shape index (κ2) is 4.26. The molecule has 0 atom stereocenters. The Morgan fingerprint density at radius 2 is 2.30 bits per heavy atom. The van der Waals surface area contributed by atoms with Crippen LogP contribution in [-0.2, 0) is 0 Å². The number of pyridine rings is 1. The van der Waals surface area contributed by atoms with Crippen molar-refractivity contribution in [2.45, 2.75) is 0 Å². The first-order valence-electron chi connectivity index (χ1n) is 5.84. The Labute approximate surface area is 112 Å². The van der Waals surface area contributed by atoms with E-state index in [0.717, 1.165) is 0 Å². The summed E-state index contributed by atoms with van der Waals surface area (Å²) in [6.07, 6.45) is 0. The zero-order chi connectivity index (χ0) is 14.3. The minimum absolute atomic E-state index is 0.0628. The molecule has 8 nitrogen and oxygen atoms in total. The summed E-state index contributed by atoms with van der Waals surface area (Å²) in [7, 11) is 1.53. The summed E-state index contributed by atoms with van der Waals surface area (Å²) in [4.78, 5) is 14.7. The van der Waals surface area contributed by atoms with Crippen LogP contribution in [0.1, 0.15) is 10.5 Å². The van der Waals surface area contributed by atoms with Gasteiger partial charge in [0.1, 0.15) is 11.1 Å². The van der Waals surface area contributed by atoms with Crippen molar-refractivity contribution >= 4 is 27.7 Å². The summed E-state index contributed by atoms with van der Waals surface area (Å²) < 4.78 is 0. The molecular weight excluding hydrogens is 260 g/mol. The lowest BCUT2D eigenvalue weighted by atomic mass is 10.1. The third kappa shape index (κ3) is 1.58. The van der Waals surface area contributed by atoms with Crippen molar-refractivity contribution < 1.29 is 9.90 Å². The predicted molar refractivity (Wildman–Crippen MR) is 72.8 cm³/mol. The number of hydrogen-bond acceptors (Lipinski definition) is 5. The molecule has 0 aliphatic rings. The molecule has 2 heterocycles. The molecule has 0 radical (unpaired) electrons. The third-order valence-electron chi connectivity index (χ3n) is 3.13. The Balaban J connectivity index is 2.55. The van der Waals surface area contributed by atoms with E-state index in [0.29, 0.717) is 32.9 Å². The monoisotopic (exact) mass is 272 g/mol. The van der Waals surface area contributed by atoms with Crippen LogP contribution >= 0.6 is 0 Å². The van der Waals surface area contributed by atoms with E-state index >= 15 is 0 Å². The summed E-state index contributed by atoms with van der Waals surface area (Å²) in [6, 6.07) is 4.92. The fourth-order valence-corrected chi connectivity index (χ4v) is 2.19. The highest BCUT2D eigenvalue weighted by molar-refractivity contribution is 6.10. The normalized spacial score (nSPS) is 12.2. The standard InChI is InChI=1S/C12H12N6O2/c1-14-12(20)8-4-7-9-5(11(19)18-17-7)2-3-6(16-13)10(9)15-8/h2-4,15,18-19H,13H2,1H3,(H,14,20). The average Bonchev–Trinajstić information content (AvgIpc) is 2.49. The van der Waals surface area contributed by atoms with Crippen LogP contribution in [0.2, 0.25) is 0 Å². The predicted octanol–water partition coefficient (Wildman–Crippen LogP) is -0.116. The van der Waals surface area contributed by atoms with Crippen LogP contribution in [0.25, 0.3) is 21.8 Å². The number of aromatic nitrogens is 3. The van der Waals surface area contributed by atoms with E-state index in [9.17, 15) is 9.90 Å². The number of nitrogens with two attached hydrogens (primary N) is 1. The summed E-state index contributed by atoms with van der Waals surface area (Å²) in [5.41, 5.74) is 1.39. The molecule has 8 heteroatoms. The van der Waals surface area contributed by atoms with Gasteiger partial charge in [0.05, 0.1) is 11.0 Å². The smallest absolute Gasteiger partial charge is 0.267 e. The Morgan fingerprint density at radius 1 is 1.50 bits per heavy atom. The van der Waals surface area contributed by atoms with Gasteiger partial charge in [0.25, 0.3) is 5.91 Å². The molecule has 0 unspecified atom stereocenters. The van der Waals surface area contributed by atoms with Crippen LogP contribution in [0.4, 0.5) is 0 Å². The number of carbonyl (C=O) groups excluding carboxylic acids is 1. The lowest BCUT2D eigenvalue weighted by Gasteiger charge is -2.09. The highest BCUT2D eigenvalue weighted by Gasteiger charge is 2.13. The quantitative estimate of drug-likeness (QED) is 0.312. The zero-order valence-electron chi connectivity index (χ0n) is 10.6. The fourth-order valence-electron chi connectivity index (χ4n) is 2.19. The van der Waals surface area contributed by atoms with Crippen LogP contribution in [0.3, 0.4) is 0 Å². The van der Waals surface area contributed by atoms with Crippen molar-refractivity contribution in [3.63, 3.8) is 0 Å². The van der Waals surface area contributed by atoms with E-state index in [-0.39, 0.29) is 11.8 Å². The van der Waals surface area contributed by atoms with Gasteiger partial charge in [-0.1, -0.05) is 0 Å². The van der Waals surface area contributed by atoms with E-state index < -0.39 is 0 Å². The van der Waals surface area contributed by atoms with E-state index in [1.165, 1.54) is 7.05 Å². The number of nitrogens with zero attached hydrogens (tertiary/aromatic N) is 2. The van der Waals surface area contributed by atoms with Gasteiger partial charge >= 0.3 is 0 Å². The van der Waals surface area contributed by atoms with Crippen molar-refractivity contribution in [2.75, 3.05) is 7.05 Å². The molecule has 102 valence electrons. The van der Waals surface area contributed by atoms with Crippen molar-refractivity contribution in [3.05, 3.63) is 29.3 Å². The molecule has 0 fully saturated rings. The molecule has 0 aliphatic carbocycles. The second-order valence-electron chi connectivity index (χ2n) is 4.23. The van der Waals surface area contributed by atoms with Gasteiger partial charge < -0.3 is 21.2 Å². The summed E-state index contributed by atoms with van der Waals surface area (Å²) in [5, 5.41) is 24.2. The maximum Gasteiger partial charge on any atom is 0.267 e. The summed E-state index contributed by atoms with van der Waals surface area (Å²) in [6.45, 7) is 0. The minimum atomic E-state index is -0.287. The van der Waals surface area contributed by atoms with Gasteiger partial charge in [-0.3, -0.25) is 4.79 Å². The first-order valence-corrected chi connectivity index (χ1v) is 5.84. The van der Waals surface area contributed by atoms with Crippen LogP contribution in [0.5, 0.6) is 5.88 Å². The molecule has 0 bridgehead atoms. The Hall–Kier alpha value is -3.03. The number of hydrogen-bond donors (Lipinski definition) is 5. The third-order valence-corrected chi connectivity index (χ3v) is 3.13. The van der Waals surface area contributed by atoms with Gasteiger partial charge in [-0.25, -0.2) is 5.10 Å². The number of aromatic hydroxyl groups is 1. The lowest BCUT2D eigenvalue weighted by Crippen LogP contribution is -2.20. The lowest BCUT2D eigenvalue weighted by molar-refractivity contribution is 0.0958. The van der Waals surface area contributed by atoms with Crippen molar-refractivity contribution in [1.29, 1.82) is 0 Å². The van der Waals surface area contributed by atoms with Crippen LogP contribution in [0, 0.1) is 0 Å². The highest BCUT2D eigenvalue weighted by Crippen LogP contribution is 2.27. The number of nitrogens with one attached hydrogen (secondary N) is 3. The number of aromatic amines is 2. The molecule has 3 aromatic rings. The molecule has 20 heavy (non-hydrogen) atoms.